The molecule has 0 aliphatic heterocycles. The molecule has 2 aromatic heterocycles. The third-order valence-electron chi connectivity index (χ3n) is 3.16. The average molecular weight is 320 g/mol. The molecule has 9 nitrogen and oxygen atoms in total. The van der Waals surface area contributed by atoms with E-state index in [9.17, 15) is 19.2 Å². The number of carbonyl (C=O) groups excluding carboxylic acids is 1. The van der Waals surface area contributed by atoms with E-state index in [0.29, 0.717) is 0 Å². The van der Waals surface area contributed by atoms with Crippen molar-refractivity contribution in [3.05, 3.63) is 38.7 Å². The summed E-state index contributed by atoms with van der Waals surface area (Å²) in [4.78, 5) is 54.4. The second-order valence-corrected chi connectivity index (χ2v) is 5.52. The van der Waals surface area contributed by atoms with Gasteiger partial charge in [0, 0.05) is 6.20 Å². The lowest BCUT2D eigenvalue weighted by Gasteiger charge is -2.16. The highest BCUT2D eigenvalue weighted by Gasteiger charge is 2.22. The predicted molar refractivity (Wildman–Crippen MR) is 81.3 cm³/mol. The number of aliphatic carboxylic acids is 1. The summed E-state index contributed by atoms with van der Waals surface area (Å²) in [5.41, 5.74) is -1.30. The number of rotatable bonds is 5. The van der Waals surface area contributed by atoms with Crippen LogP contribution in [0, 0.1) is 5.92 Å². The van der Waals surface area contributed by atoms with E-state index >= 15 is 0 Å². The zero-order valence-corrected chi connectivity index (χ0v) is 12.5. The van der Waals surface area contributed by atoms with Gasteiger partial charge in [-0.1, -0.05) is 13.8 Å². The van der Waals surface area contributed by atoms with Gasteiger partial charge in [-0.15, -0.1) is 0 Å². The van der Waals surface area contributed by atoms with Crippen molar-refractivity contribution in [2.75, 3.05) is 0 Å². The molecule has 1 atom stereocenters. The molecule has 0 saturated carbocycles. The first-order valence-electron chi connectivity index (χ1n) is 6.94. The third kappa shape index (κ3) is 3.82. The number of hydrogen-bond donors (Lipinski definition) is 4. The van der Waals surface area contributed by atoms with Crippen molar-refractivity contribution in [1.82, 2.24) is 20.3 Å². The second-order valence-electron chi connectivity index (χ2n) is 5.52. The van der Waals surface area contributed by atoms with Crippen molar-refractivity contribution in [2.45, 2.75) is 26.3 Å². The van der Waals surface area contributed by atoms with E-state index < -0.39 is 29.2 Å². The lowest BCUT2D eigenvalue weighted by atomic mass is 10.0. The Morgan fingerprint density at radius 2 is 2.00 bits per heavy atom. The SMILES string of the molecule is CC(C)C[C@H](NC(=O)c1cnc2[nH]c(=O)[nH]c(=O)c2c1)C(=O)O. The zero-order valence-electron chi connectivity index (χ0n) is 12.5. The summed E-state index contributed by atoms with van der Waals surface area (Å²) in [7, 11) is 0. The topological polar surface area (TPSA) is 145 Å². The smallest absolute Gasteiger partial charge is 0.327 e. The van der Waals surface area contributed by atoms with E-state index in [0.717, 1.165) is 0 Å². The number of fused-ring (bicyclic) bond motifs is 1. The Balaban J connectivity index is 2.32. The molecule has 0 fully saturated rings. The van der Waals surface area contributed by atoms with Crippen molar-refractivity contribution >= 4 is 22.9 Å². The zero-order chi connectivity index (χ0) is 17.1. The van der Waals surface area contributed by atoms with Crippen LogP contribution in [0.3, 0.4) is 0 Å². The standard InChI is InChI=1S/C14H16N4O5/c1-6(2)3-9(13(21)22)16-11(19)7-4-8-10(15-5-7)17-14(23)18-12(8)20/h4-6,9H,3H2,1-2H3,(H,16,19)(H,21,22)(H2,15,17,18,20,23)/t9-/m0/s1. The number of aromatic amines is 2. The second kappa shape index (κ2) is 6.42. The predicted octanol–water partition coefficient (Wildman–Crippen LogP) is -0.159. The Kier molecular flexibility index (Phi) is 4.58. The van der Waals surface area contributed by atoms with Gasteiger partial charge in [0.15, 0.2) is 0 Å². The van der Waals surface area contributed by atoms with E-state index in [1.165, 1.54) is 12.3 Å². The first-order valence-corrected chi connectivity index (χ1v) is 6.94. The number of nitrogens with zero attached hydrogens (tertiary/aromatic N) is 1. The van der Waals surface area contributed by atoms with Crippen molar-refractivity contribution in [1.29, 1.82) is 0 Å². The number of H-pyrrole nitrogens is 2. The first-order chi connectivity index (χ1) is 10.8. The highest BCUT2D eigenvalue weighted by molar-refractivity contribution is 5.98. The van der Waals surface area contributed by atoms with Gasteiger partial charge in [0.25, 0.3) is 11.5 Å². The largest absolute Gasteiger partial charge is 0.480 e. The Labute approximate surface area is 129 Å². The maximum atomic E-state index is 12.2. The van der Waals surface area contributed by atoms with Crippen molar-refractivity contribution in [3.63, 3.8) is 0 Å². The molecule has 2 heterocycles. The summed E-state index contributed by atoms with van der Waals surface area (Å²) in [6.07, 6.45) is 1.44. The molecule has 0 aliphatic carbocycles. The summed E-state index contributed by atoms with van der Waals surface area (Å²) >= 11 is 0. The molecule has 122 valence electrons. The summed E-state index contributed by atoms with van der Waals surface area (Å²) < 4.78 is 0. The quantitative estimate of drug-likeness (QED) is 0.602. The van der Waals surface area contributed by atoms with Gasteiger partial charge in [-0.3, -0.25) is 19.6 Å². The van der Waals surface area contributed by atoms with Crippen LogP contribution in [0.4, 0.5) is 0 Å². The molecule has 0 radical (unpaired) electrons. The monoisotopic (exact) mass is 320 g/mol. The van der Waals surface area contributed by atoms with Gasteiger partial charge in [-0.25, -0.2) is 14.6 Å². The molecule has 0 aromatic carbocycles. The summed E-state index contributed by atoms with van der Waals surface area (Å²) in [5, 5.41) is 11.6. The highest BCUT2D eigenvalue weighted by atomic mass is 16.4. The van der Waals surface area contributed by atoms with Crippen LogP contribution in [0.1, 0.15) is 30.6 Å². The van der Waals surface area contributed by atoms with Gasteiger partial charge < -0.3 is 10.4 Å². The average Bonchev–Trinajstić information content (AvgIpc) is 2.45. The van der Waals surface area contributed by atoms with E-state index in [4.69, 9.17) is 5.11 Å². The molecule has 0 aliphatic rings. The first kappa shape index (κ1) is 16.4. The van der Waals surface area contributed by atoms with Crippen LogP contribution in [0.2, 0.25) is 0 Å². The highest BCUT2D eigenvalue weighted by Crippen LogP contribution is 2.09. The fourth-order valence-corrected chi connectivity index (χ4v) is 2.11. The van der Waals surface area contributed by atoms with Crippen LogP contribution in [0.25, 0.3) is 11.0 Å². The number of amides is 1. The van der Waals surface area contributed by atoms with Crippen LogP contribution in [-0.4, -0.2) is 38.0 Å². The van der Waals surface area contributed by atoms with Crippen molar-refractivity contribution in [3.8, 4) is 0 Å². The number of nitrogens with one attached hydrogen (secondary N) is 3. The summed E-state index contributed by atoms with van der Waals surface area (Å²) in [6.45, 7) is 3.69. The normalized spacial score (nSPS) is 12.3. The number of pyridine rings is 1. The molecule has 2 aromatic rings. The number of carboxylic acid groups (broad SMARTS) is 1. The fraction of sp³-hybridized carbons (Fsp3) is 0.357. The molecule has 2 rings (SSSR count). The van der Waals surface area contributed by atoms with Crippen LogP contribution in [0.15, 0.2) is 21.9 Å². The van der Waals surface area contributed by atoms with E-state index in [2.05, 4.69) is 15.3 Å². The Morgan fingerprint density at radius 3 is 2.61 bits per heavy atom. The van der Waals surface area contributed by atoms with Crippen LogP contribution < -0.4 is 16.6 Å². The van der Waals surface area contributed by atoms with Crippen molar-refractivity contribution < 1.29 is 14.7 Å². The molecule has 9 heteroatoms. The number of carboxylic acids is 1. The minimum Gasteiger partial charge on any atom is -0.480 e. The molecule has 1 amide bonds. The van der Waals surface area contributed by atoms with Crippen LogP contribution in [-0.2, 0) is 4.79 Å². The molecule has 0 unspecified atom stereocenters. The summed E-state index contributed by atoms with van der Waals surface area (Å²) in [5.74, 6) is -1.71. The van der Waals surface area contributed by atoms with Gasteiger partial charge in [-0.2, -0.15) is 0 Å². The minimum absolute atomic E-state index is 0.0325. The van der Waals surface area contributed by atoms with Gasteiger partial charge in [0.2, 0.25) is 0 Å². The molecule has 0 bridgehead atoms. The van der Waals surface area contributed by atoms with E-state index in [1.54, 1.807) is 0 Å². The Hall–Kier alpha value is -2.97. The molecular formula is C14H16N4O5. The maximum Gasteiger partial charge on any atom is 0.327 e. The van der Waals surface area contributed by atoms with Gasteiger partial charge in [0.1, 0.15) is 11.7 Å². The Morgan fingerprint density at radius 1 is 1.30 bits per heavy atom. The number of hydrogen-bond acceptors (Lipinski definition) is 5. The molecule has 0 spiro atoms. The van der Waals surface area contributed by atoms with Gasteiger partial charge >= 0.3 is 11.7 Å². The third-order valence-corrected chi connectivity index (χ3v) is 3.16. The van der Waals surface area contributed by atoms with Crippen LogP contribution >= 0.6 is 0 Å². The van der Waals surface area contributed by atoms with E-state index in [-0.39, 0.29) is 28.9 Å². The lowest BCUT2D eigenvalue weighted by Crippen LogP contribution is -2.41. The van der Waals surface area contributed by atoms with Crippen molar-refractivity contribution in [2.24, 2.45) is 5.92 Å². The summed E-state index contributed by atoms with van der Waals surface area (Å²) in [6, 6.07) is 0.216. The van der Waals surface area contributed by atoms with E-state index in [1.807, 2.05) is 18.8 Å². The molecule has 23 heavy (non-hydrogen) atoms. The van der Waals surface area contributed by atoms with Gasteiger partial charge in [-0.05, 0) is 18.4 Å². The molecule has 4 N–H and O–H groups in total. The molecular weight excluding hydrogens is 304 g/mol. The Bertz CT molecular complexity index is 867. The fourth-order valence-electron chi connectivity index (χ4n) is 2.11. The lowest BCUT2D eigenvalue weighted by molar-refractivity contribution is -0.139. The van der Waals surface area contributed by atoms with Crippen LogP contribution in [0.5, 0.6) is 0 Å². The minimum atomic E-state index is -1.14. The molecule has 0 saturated heterocycles. The van der Waals surface area contributed by atoms with Gasteiger partial charge in [0.05, 0.1) is 10.9 Å². The number of aromatic nitrogens is 3. The number of carbonyl (C=O) groups is 2. The maximum absolute atomic E-state index is 12.2.